The Balaban J connectivity index is 2.05. The Morgan fingerprint density at radius 3 is 2.15 bits per heavy atom. The van der Waals surface area contributed by atoms with Crippen LogP contribution >= 0.6 is 0 Å². The van der Waals surface area contributed by atoms with Crippen LogP contribution in [0.25, 0.3) is 0 Å². The monoisotopic (exact) mass is 372 g/mol. The number of ether oxygens (including phenoxy) is 3. The van der Waals surface area contributed by atoms with Crippen molar-refractivity contribution in [3.8, 4) is 11.5 Å². The summed E-state index contributed by atoms with van der Waals surface area (Å²) in [6.07, 6.45) is -0.449. The van der Waals surface area contributed by atoms with Gasteiger partial charge in [0.15, 0.2) is 0 Å². The quantitative estimate of drug-likeness (QED) is 0.572. The molecule has 0 aliphatic carbocycles. The fourth-order valence-electron chi connectivity index (χ4n) is 2.33. The van der Waals surface area contributed by atoms with Crippen LogP contribution in [0.5, 0.6) is 11.5 Å². The number of nitrogens with one attached hydrogen (secondary N) is 2. The van der Waals surface area contributed by atoms with E-state index in [1.807, 2.05) is 0 Å². The van der Waals surface area contributed by atoms with Crippen LogP contribution in [-0.2, 0) is 14.3 Å². The molecule has 2 amide bonds. The molecule has 2 rings (SSSR count). The molecule has 0 spiro atoms. The van der Waals surface area contributed by atoms with Crippen LogP contribution in [-0.4, -0.2) is 39.1 Å². The second-order valence-corrected chi connectivity index (χ2v) is 5.38. The van der Waals surface area contributed by atoms with E-state index in [9.17, 15) is 14.4 Å². The molecule has 142 valence electrons. The third-order valence-corrected chi connectivity index (χ3v) is 3.61. The Morgan fingerprint density at radius 2 is 1.52 bits per heavy atom. The van der Waals surface area contributed by atoms with Gasteiger partial charge in [-0.1, -0.05) is 12.1 Å². The maximum Gasteiger partial charge on any atom is 0.339 e. The maximum absolute atomic E-state index is 12.2. The predicted octanol–water partition coefficient (Wildman–Crippen LogP) is 2.46. The Hall–Kier alpha value is -3.55. The van der Waals surface area contributed by atoms with E-state index in [1.54, 1.807) is 36.4 Å². The number of anilines is 2. The molecule has 2 aromatic carbocycles. The third kappa shape index (κ3) is 5.21. The van der Waals surface area contributed by atoms with Gasteiger partial charge in [0.05, 0.1) is 38.3 Å². The molecule has 0 aliphatic heterocycles. The molecule has 0 radical (unpaired) electrons. The molecule has 2 aromatic rings. The van der Waals surface area contributed by atoms with Crippen LogP contribution in [0.2, 0.25) is 0 Å². The summed E-state index contributed by atoms with van der Waals surface area (Å²) in [7, 11) is 4.21. The lowest BCUT2D eigenvalue weighted by Gasteiger charge is -2.12. The molecule has 0 fully saturated rings. The molecule has 8 nitrogen and oxygen atoms in total. The van der Waals surface area contributed by atoms with Gasteiger partial charge in [0.2, 0.25) is 11.8 Å². The second kappa shape index (κ2) is 9.23. The topological polar surface area (TPSA) is 103 Å². The summed E-state index contributed by atoms with van der Waals surface area (Å²) >= 11 is 0. The highest BCUT2D eigenvalue weighted by molar-refractivity contribution is 6.10. The van der Waals surface area contributed by atoms with Gasteiger partial charge in [-0.05, 0) is 24.3 Å². The van der Waals surface area contributed by atoms with E-state index in [0.717, 1.165) is 0 Å². The summed E-state index contributed by atoms with van der Waals surface area (Å²) < 4.78 is 15.0. The number of rotatable bonds is 7. The normalized spacial score (nSPS) is 9.89. The predicted molar refractivity (Wildman–Crippen MR) is 99.2 cm³/mol. The first-order valence-corrected chi connectivity index (χ1v) is 7.97. The smallest absolute Gasteiger partial charge is 0.339 e. The largest absolute Gasteiger partial charge is 0.497 e. The molecule has 0 atom stereocenters. The lowest BCUT2D eigenvalue weighted by atomic mass is 10.1. The molecular formula is C19H20N2O6. The Kier molecular flexibility index (Phi) is 6.76. The zero-order chi connectivity index (χ0) is 19.8. The molecule has 0 aromatic heterocycles. The van der Waals surface area contributed by atoms with Gasteiger partial charge in [0, 0.05) is 6.07 Å². The first-order valence-electron chi connectivity index (χ1n) is 7.97. The number of benzene rings is 2. The number of hydrogen-bond donors (Lipinski definition) is 2. The summed E-state index contributed by atoms with van der Waals surface area (Å²) in [5.74, 6) is -0.750. The molecule has 0 bridgehead atoms. The van der Waals surface area contributed by atoms with Crippen molar-refractivity contribution >= 4 is 29.2 Å². The van der Waals surface area contributed by atoms with Gasteiger partial charge in [0.25, 0.3) is 0 Å². The van der Waals surface area contributed by atoms with Crippen LogP contribution in [0.1, 0.15) is 16.8 Å². The van der Waals surface area contributed by atoms with E-state index in [-0.39, 0.29) is 11.3 Å². The van der Waals surface area contributed by atoms with E-state index < -0.39 is 24.2 Å². The van der Waals surface area contributed by atoms with Gasteiger partial charge in [-0.2, -0.15) is 0 Å². The molecule has 8 heteroatoms. The molecule has 0 aliphatic rings. The molecular weight excluding hydrogens is 352 g/mol. The van der Waals surface area contributed by atoms with Crippen molar-refractivity contribution in [2.45, 2.75) is 6.42 Å². The van der Waals surface area contributed by atoms with E-state index in [0.29, 0.717) is 17.2 Å². The van der Waals surface area contributed by atoms with Crippen molar-refractivity contribution in [2.24, 2.45) is 0 Å². The van der Waals surface area contributed by atoms with Gasteiger partial charge in [-0.15, -0.1) is 0 Å². The number of carbonyl (C=O) groups excluding carboxylic acids is 3. The molecule has 0 saturated heterocycles. The van der Waals surface area contributed by atoms with Crippen molar-refractivity contribution in [1.29, 1.82) is 0 Å². The Labute approximate surface area is 156 Å². The SMILES string of the molecule is COC(=O)c1ccccc1NC(=O)CC(=O)Nc1cc(OC)ccc1OC. The number of amides is 2. The molecule has 0 heterocycles. The van der Waals surface area contributed by atoms with Gasteiger partial charge >= 0.3 is 5.97 Å². The van der Waals surface area contributed by atoms with Crippen LogP contribution in [0.4, 0.5) is 11.4 Å². The minimum Gasteiger partial charge on any atom is -0.497 e. The fraction of sp³-hybridized carbons (Fsp3) is 0.211. The molecule has 27 heavy (non-hydrogen) atoms. The average Bonchev–Trinajstić information content (AvgIpc) is 2.67. The van der Waals surface area contributed by atoms with Crippen LogP contribution in [0.3, 0.4) is 0 Å². The Morgan fingerprint density at radius 1 is 0.852 bits per heavy atom. The molecule has 0 saturated carbocycles. The van der Waals surface area contributed by atoms with Gasteiger partial charge in [-0.3, -0.25) is 9.59 Å². The van der Waals surface area contributed by atoms with Crippen molar-refractivity contribution in [3.63, 3.8) is 0 Å². The average molecular weight is 372 g/mol. The first kappa shape index (κ1) is 19.8. The van der Waals surface area contributed by atoms with Crippen molar-refractivity contribution < 1.29 is 28.6 Å². The minimum atomic E-state index is -0.587. The van der Waals surface area contributed by atoms with Crippen molar-refractivity contribution in [1.82, 2.24) is 0 Å². The zero-order valence-corrected chi connectivity index (χ0v) is 15.2. The highest BCUT2D eigenvalue weighted by Gasteiger charge is 2.16. The second-order valence-electron chi connectivity index (χ2n) is 5.38. The number of para-hydroxylation sites is 1. The summed E-state index contributed by atoms with van der Waals surface area (Å²) in [6, 6.07) is 11.3. The standard InChI is InChI=1S/C19H20N2O6/c1-25-12-8-9-16(26-2)15(10-12)21-18(23)11-17(22)20-14-7-5-4-6-13(14)19(24)27-3/h4-10H,11H2,1-3H3,(H,20,22)(H,21,23). The molecule has 0 unspecified atom stereocenters. The van der Waals surface area contributed by atoms with E-state index >= 15 is 0 Å². The third-order valence-electron chi connectivity index (χ3n) is 3.61. The summed E-state index contributed by atoms with van der Waals surface area (Å²) in [5, 5.41) is 5.14. The minimum absolute atomic E-state index is 0.197. The number of esters is 1. The maximum atomic E-state index is 12.2. The van der Waals surface area contributed by atoms with E-state index in [4.69, 9.17) is 9.47 Å². The summed E-state index contributed by atoms with van der Waals surface area (Å²) in [5.41, 5.74) is 0.842. The number of methoxy groups -OCH3 is 3. The lowest BCUT2D eigenvalue weighted by Crippen LogP contribution is -2.22. The van der Waals surface area contributed by atoms with Gasteiger partial charge < -0.3 is 24.8 Å². The van der Waals surface area contributed by atoms with Gasteiger partial charge in [0.1, 0.15) is 17.9 Å². The van der Waals surface area contributed by atoms with Crippen LogP contribution in [0.15, 0.2) is 42.5 Å². The van der Waals surface area contributed by atoms with Crippen molar-refractivity contribution in [2.75, 3.05) is 32.0 Å². The van der Waals surface area contributed by atoms with Gasteiger partial charge in [-0.25, -0.2) is 4.79 Å². The Bertz CT molecular complexity index is 850. The summed E-state index contributed by atoms with van der Waals surface area (Å²) in [6.45, 7) is 0. The molecule has 2 N–H and O–H groups in total. The highest BCUT2D eigenvalue weighted by atomic mass is 16.5. The number of carbonyl (C=O) groups is 3. The van der Waals surface area contributed by atoms with Crippen LogP contribution < -0.4 is 20.1 Å². The first-order chi connectivity index (χ1) is 13.0. The van der Waals surface area contributed by atoms with Crippen LogP contribution in [0, 0.1) is 0 Å². The van der Waals surface area contributed by atoms with E-state index in [1.165, 1.54) is 27.4 Å². The van der Waals surface area contributed by atoms with E-state index in [2.05, 4.69) is 15.4 Å². The zero-order valence-electron chi connectivity index (χ0n) is 15.2. The lowest BCUT2D eigenvalue weighted by molar-refractivity contribution is -0.123. The fourth-order valence-corrected chi connectivity index (χ4v) is 2.33. The summed E-state index contributed by atoms with van der Waals surface area (Å²) in [4.78, 5) is 36.1. The highest BCUT2D eigenvalue weighted by Crippen LogP contribution is 2.29. The number of hydrogen-bond acceptors (Lipinski definition) is 6. The van der Waals surface area contributed by atoms with Crippen molar-refractivity contribution in [3.05, 3.63) is 48.0 Å².